The molecule has 1 aromatic carbocycles. The summed E-state index contributed by atoms with van der Waals surface area (Å²) in [6.45, 7) is 2.22. The van der Waals surface area contributed by atoms with Crippen molar-refractivity contribution in [1.29, 1.82) is 0 Å². The first kappa shape index (κ1) is 14.8. The van der Waals surface area contributed by atoms with E-state index >= 15 is 0 Å². The highest BCUT2D eigenvalue weighted by molar-refractivity contribution is 5.93. The molecule has 24 heavy (non-hydrogen) atoms. The molecule has 122 valence electrons. The van der Waals surface area contributed by atoms with Crippen LogP contribution in [0.3, 0.4) is 0 Å². The summed E-state index contributed by atoms with van der Waals surface area (Å²) in [6.07, 6.45) is 5.07. The molecule has 0 N–H and O–H groups in total. The second kappa shape index (κ2) is 6.01. The Hall–Kier alpha value is -2.80. The average Bonchev–Trinajstić information content (AvgIpc) is 3.07. The monoisotopic (exact) mass is 326 g/mol. The Morgan fingerprint density at radius 2 is 1.92 bits per heavy atom. The molecule has 0 spiro atoms. The second-order valence-electron chi connectivity index (χ2n) is 5.54. The number of fused-ring (bicyclic) bond motifs is 1. The number of carbonyl (C=O) groups is 1. The number of hydrogen-bond acceptors (Lipinski definition) is 4. The van der Waals surface area contributed by atoms with Crippen LogP contribution in [-0.2, 0) is 4.74 Å². The van der Waals surface area contributed by atoms with E-state index in [-0.39, 0.29) is 11.7 Å². The lowest BCUT2D eigenvalue weighted by Crippen LogP contribution is -2.40. The normalized spacial score (nSPS) is 15.0. The van der Waals surface area contributed by atoms with Gasteiger partial charge in [-0.05, 0) is 24.3 Å². The minimum Gasteiger partial charge on any atom is -0.378 e. The second-order valence-corrected chi connectivity index (χ2v) is 5.54. The molecule has 3 heterocycles. The van der Waals surface area contributed by atoms with Crippen LogP contribution in [0.25, 0.3) is 16.9 Å². The van der Waals surface area contributed by atoms with Crippen molar-refractivity contribution in [3.8, 4) is 11.3 Å². The molecule has 7 heteroatoms. The van der Waals surface area contributed by atoms with E-state index in [2.05, 4.69) is 9.97 Å². The summed E-state index contributed by atoms with van der Waals surface area (Å²) in [5, 5.41) is 0. The molecule has 0 atom stereocenters. The average molecular weight is 326 g/mol. The van der Waals surface area contributed by atoms with Gasteiger partial charge < -0.3 is 14.0 Å². The Morgan fingerprint density at radius 1 is 1.17 bits per heavy atom. The number of nitrogens with zero attached hydrogens (tertiary/aromatic N) is 4. The van der Waals surface area contributed by atoms with E-state index in [1.807, 2.05) is 0 Å². The van der Waals surface area contributed by atoms with Gasteiger partial charge in [0.25, 0.3) is 5.91 Å². The van der Waals surface area contributed by atoms with Gasteiger partial charge in [0.2, 0.25) is 0 Å². The lowest BCUT2D eigenvalue weighted by molar-refractivity contribution is 0.0299. The van der Waals surface area contributed by atoms with E-state index < -0.39 is 0 Å². The van der Waals surface area contributed by atoms with Gasteiger partial charge in [0.05, 0.1) is 13.2 Å². The SMILES string of the molecule is O=C(c1cn2ccnc(-c3ccc(F)cc3)c2n1)N1CCOCC1. The van der Waals surface area contributed by atoms with E-state index in [0.717, 1.165) is 5.56 Å². The highest BCUT2D eigenvalue weighted by Gasteiger charge is 2.22. The maximum Gasteiger partial charge on any atom is 0.274 e. The fourth-order valence-electron chi connectivity index (χ4n) is 2.76. The Bertz CT molecular complexity index is 885. The van der Waals surface area contributed by atoms with E-state index in [9.17, 15) is 9.18 Å². The molecular weight excluding hydrogens is 311 g/mol. The van der Waals surface area contributed by atoms with Gasteiger partial charge in [-0.1, -0.05) is 0 Å². The van der Waals surface area contributed by atoms with Crippen LogP contribution in [0.5, 0.6) is 0 Å². The van der Waals surface area contributed by atoms with Crippen LogP contribution < -0.4 is 0 Å². The first-order valence-corrected chi connectivity index (χ1v) is 7.69. The molecule has 1 saturated heterocycles. The van der Waals surface area contributed by atoms with Crippen molar-refractivity contribution in [3.63, 3.8) is 0 Å². The maximum atomic E-state index is 13.1. The highest BCUT2D eigenvalue weighted by Crippen LogP contribution is 2.22. The summed E-state index contributed by atoms with van der Waals surface area (Å²) in [5.74, 6) is -0.427. The third-order valence-electron chi connectivity index (χ3n) is 4.01. The summed E-state index contributed by atoms with van der Waals surface area (Å²) in [4.78, 5) is 23.1. The van der Waals surface area contributed by atoms with Crippen molar-refractivity contribution >= 4 is 11.6 Å². The minimum atomic E-state index is -0.308. The Labute approximate surface area is 137 Å². The van der Waals surface area contributed by atoms with Crippen molar-refractivity contribution in [2.24, 2.45) is 0 Å². The van der Waals surface area contributed by atoms with Crippen LogP contribution >= 0.6 is 0 Å². The van der Waals surface area contributed by atoms with Crippen molar-refractivity contribution in [2.45, 2.75) is 0 Å². The first-order valence-electron chi connectivity index (χ1n) is 7.69. The van der Waals surface area contributed by atoms with E-state index in [1.165, 1.54) is 12.1 Å². The minimum absolute atomic E-state index is 0.118. The van der Waals surface area contributed by atoms with Gasteiger partial charge in [-0.25, -0.2) is 9.37 Å². The lowest BCUT2D eigenvalue weighted by atomic mass is 10.1. The number of amides is 1. The Morgan fingerprint density at radius 3 is 2.67 bits per heavy atom. The predicted octanol–water partition coefficient (Wildman–Crippen LogP) is 2.01. The summed E-state index contributed by atoms with van der Waals surface area (Å²) < 4.78 is 20.2. The van der Waals surface area contributed by atoms with Crippen LogP contribution in [0.15, 0.2) is 42.9 Å². The standard InChI is InChI=1S/C17H15FN4O2/c18-13-3-1-12(2-4-13)15-16-20-14(11-22(16)6-5-19-15)17(23)21-7-9-24-10-8-21/h1-6,11H,7-10H2. The van der Waals surface area contributed by atoms with Crippen molar-refractivity contribution in [2.75, 3.05) is 26.3 Å². The molecule has 3 aromatic rings. The molecule has 0 aliphatic carbocycles. The molecular formula is C17H15FN4O2. The summed E-state index contributed by atoms with van der Waals surface area (Å²) >= 11 is 0. The number of carbonyl (C=O) groups excluding carboxylic acids is 1. The number of imidazole rings is 1. The maximum absolute atomic E-state index is 13.1. The zero-order valence-electron chi connectivity index (χ0n) is 12.9. The fraction of sp³-hybridized carbons (Fsp3) is 0.235. The predicted molar refractivity (Wildman–Crippen MR) is 85.1 cm³/mol. The number of hydrogen-bond donors (Lipinski definition) is 0. The van der Waals surface area contributed by atoms with E-state index in [1.54, 1.807) is 40.0 Å². The van der Waals surface area contributed by atoms with Gasteiger partial charge in [0, 0.05) is 37.2 Å². The van der Waals surface area contributed by atoms with Gasteiger partial charge in [0.1, 0.15) is 17.2 Å². The summed E-state index contributed by atoms with van der Waals surface area (Å²) in [5.41, 5.74) is 2.30. The van der Waals surface area contributed by atoms with Gasteiger partial charge in [0.15, 0.2) is 5.65 Å². The number of rotatable bonds is 2. The van der Waals surface area contributed by atoms with Gasteiger partial charge >= 0.3 is 0 Å². The third kappa shape index (κ3) is 2.63. The van der Waals surface area contributed by atoms with E-state index in [4.69, 9.17) is 4.74 Å². The molecule has 0 radical (unpaired) electrons. The number of morpholine rings is 1. The highest BCUT2D eigenvalue weighted by atomic mass is 19.1. The van der Waals surface area contributed by atoms with Crippen molar-refractivity contribution in [1.82, 2.24) is 19.3 Å². The fourth-order valence-corrected chi connectivity index (χ4v) is 2.76. The first-order chi connectivity index (χ1) is 11.7. The quantitative estimate of drug-likeness (QED) is 0.723. The Balaban J connectivity index is 1.74. The molecule has 1 aliphatic rings. The number of benzene rings is 1. The smallest absolute Gasteiger partial charge is 0.274 e. The lowest BCUT2D eigenvalue weighted by Gasteiger charge is -2.25. The number of aromatic nitrogens is 3. The van der Waals surface area contributed by atoms with Crippen LogP contribution in [-0.4, -0.2) is 51.5 Å². The molecule has 1 aliphatic heterocycles. The van der Waals surface area contributed by atoms with Crippen LogP contribution in [0.4, 0.5) is 4.39 Å². The van der Waals surface area contributed by atoms with Crippen LogP contribution in [0.2, 0.25) is 0 Å². The van der Waals surface area contributed by atoms with Crippen LogP contribution in [0.1, 0.15) is 10.5 Å². The van der Waals surface area contributed by atoms with Gasteiger partial charge in [-0.3, -0.25) is 9.78 Å². The molecule has 0 bridgehead atoms. The molecule has 0 unspecified atom stereocenters. The third-order valence-corrected chi connectivity index (χ3v) is 4.01. The molecule has 6 nitrogen and oxygen atoms in total. The van der Waals surface area contributed by atoms with Gasteiger partial charge in [-0.15, -0.1) is 0 Å². The van der Waals surface area contributed by atoms with Crippen LogP contribution in [0, 0.1) is 5.82 Å². The number of ether oxygens (including phenoxy) is 1. The molecule has 2 aromatic heterocycles. The molecule has 1 amide bonds. The van der Waals surface area contributed by atoms with Crippen molar-refractivity contribution in [3.05, 3.63) is 54.4 Å². The van der Waals surface area contributed by atoms with E-state index in [0.29, 0.717) is 43.3 Å². The molecule has 0 saturated carbocycles. The summed E-state index contributed by atoms with van der Waals surface area (Å²) in [7, 11) is 0. The largest absolute Gasteiger partial charge is 0.378 e. The molecule has 4 rings (SSSR count). The topological polar surface area (TPSA) is 59.7 Å². The Kier molecular flexibility index (Phi) is 3.70. The molecule has 1 fully saturated rings. The van der Waals surface area contributed by atoms with Gasteiger partial charge in [-0.2, -0.15) is 0 Å². The number of halogens is 1. The summed E-state index contributed by atoms with van der Waals surface area (Å²) in [6, 6.07) is 6.05. The van der Waals surface area contributed by atoms with Crippen molar-refractivity contribution < 1.29 is 13.9 Å². The zero-order valence-corrected chi connectivity index (χ0v) is 12.9. The zero-order chi connectivity index (χ0) is 16.5.